The number of hydrogen-bond acceptors (Lipinski definition) is 3. The fourth-order valence-corrected chi connectivity index (χ4v) is 1.75. The molecule has 4 heteroatoms. The van der Waals surface area contributed by atoms with E-state index in [0.717, 1.165) is 18.5 Å². The predicted octanol–water partition coefficient (Wildman–Crippen LogP) is 2.81. The minimum atomic E-state index is 0. The maximum Gasteiger partial charge on any atom is 0.251 e. The van der Waals surface area contributed by atoms with Gasteiger partial charge in [-0.05, 0) is 37.6 Å². The van der Waals surface area contributed by atoms with Crippen molar-refractivity contribution in [3.63, 3.8) is 0 Å². The van der Waals surface area contributed by atoms with Gasteiger partial charge in [0.15, 0.2) is 0 Å². The van der Waals surface area contributed by atoms with Crippen LogP contribution in [0, 0.1) is 5.92 Å². The Labute approximate surface area is 120 Å². The molecule has 1 aromatic carbocycles. The van der Waals surface area contributed by atoms with E-state index in [4.69, 9.17) is 0 Å². The van der Waals surface area contributed by atoms with Crippen molar-refractivity contribution in [2.75, 3.05) is 7.05 Å². The smallest absolute Gasteiger partial charge is 0.251 e. The van der Waals surface area contributed by atoms with Crippen molar-refractivity contribution in [2.24, 2.45) is 5.92 Å². The fraction of sp³-hybridized carbons (Fsp3) is 0.533. The zero-order chi connectivity index (χ0) is 14.3. The van der Waals surface area contributed by atoms with E-state index in [1.807, 2.05) is 31.3 Å². The summed E-state index contributed by atoms with van der Waals surface area (Å²) in [5.41, 5.74) is 7.74. The summed E-state index contributed by atoms with van der Waals surface area (Å²) in [6, 6.07) is 7.86. The van der Waals surface area contributed by atoms with Gasteiger partial charge in [0.2, 0.25) is 0 Å². The minimum absolute atomic E-state index is 0. The Bertz CT molecular complexity index is 402. The maximum absolute atomic E-state index is 12.1. The molecule has 0 aromatic heterocycles. The zero-order valence-electron chi connectivity index (χ0n) is 12.3. The lowest BCUT2D eigenvalue weighted by atomic mass is 10.0. The van der Waals surface area contributed by atoms with Crippen LogP contribution >= 0.6 is 0 Å². The standard InChI is InChI=1S/C15H25N3O.3H2/c1-5-11(2)12(3)18-15(19)14-8-6-13(7-9-14)10-17-16-4;;;/h6-9,11-12,16-17H,5,10H2,1-4H3,(H,18,19);3*1H. The molecule has 0 aliphatic heterocycles. The van der Waals surface area contributed by atoms with E-state index in [1.165, 1.54) is 0 Å². The van der Waals surface area contributed by atoms with Gasteiger partial charge in [0, 0.05) is 22.4 Å². The van der Waals surface area contributed by atoms with Gasteiger partial charge in [0.25, 0.3) is 5.91 Å². The van der Waals surface area contributed by atoms with Crippen molar-refractivity contribution in [1.82, 2.24) is 16.2 Å². The number of amides is 1. The molecule has 3 N–H and O–H groups in total. The van der Waals surface area contributed by atoms with E-state index in [0.29, 0.717) is 11.5 Å². The molecule has 1 rings (SSSR count). The van der Waals surface area contributed by atoms with Gasteiger partial charge in [-0.25, -0.2) is 0 Å². The van der Waals surface area contributed by atoms with Gasteiger partial charge in [0.1, 0.15) is 0 Å². The molecule has 0 spiro atoms. The van der Waals surface area contributed by atoms with Crippen LogP contribution in [-0.2, 0) is 6.54 Å². The van der Waals surface area contributed by atoms with Gasteiger partial charge in [-0.1, -0.05) is 32.4 Å². The molecule has 1 amide bonds. The highest BCUT2D eigenvalue weighted by molar-refractivity contribution is 5.94. The second-order valence-corrected chi connectivity index (χ2v) is 4.95. The highest BCUT2D eigenvalue weighted by atomic mass is 16.1. The van der Waals surface area contributed by atoms with E-state index in [9.17, 15) is 4.79 Å². The van der Waals surface area contributed by atoms with Crippen LogP contribution in [0.1, 0.15) is 47.4 Å². The Morgan fingerprint density at radius 1 is 1.26 bits per heavy atom. The number of benzene rings is 1. The highest BCUT2D eigenvalue weighted by Gasteiger charge is 2.14. The monoisotopic (exact) mass is 269 g/mol. The van der Waals surface area contributed by atoms with Crippen LogP contribution in [0.2, 0.25) is 0 Å². The van der Waals surface area contributed by atoms with Crippen molar-refractivity contribution in [3.8, 4) is 0 Å². The second-order valence-electron chi connectivity index (χ2n) is 4.95. The Morgan fingerprint density at radius 2 is 1.89 bits per heavy atom. The molecule has 2 atom stereocenters. The third kappa shape index (κ3) is 5.01. The van der Waals surface area contributed by atoms with E-state index in [1.54, 1.807) is 0 Å². The van der Waals surface area contributed by atoms with Crippen molar-refractivity contribution in [1.29, 1.82) is 0 Å². The molecular weight excluding hydrogens is 238 g/mol. The number of rotatable bonds is 7. The minimum Gasteiger partial charge on any atom is -0.349 e. The van der Waals surface area contributed by atoms with Crippen LogP contribution in [0.5, 0.6) is 0 Å². The first kappa shape index (κ1) is 15.7. The number of nitrogens with one attached hydrogen (secondary N) is 3. The average molecular weight is 269 g/mol. The Morgan fingerprint density at radius 3 is 2.42 bits per heavy atom. The number of carbonyl (C=O) groups is 1. The predicted molar refractivity (Wildman–Crippen MR) is 85.1 cm³/mol. The Balaban J connectivity index is -0.00000120. The van der Waals surface area contributed by atoms with Crippen LogP contribution in [0.25, 0.3) is 0 Å². The third-order valence-corrected chi connectivity index (χ3v) is 3.54. The van der Waals surface area contributed by atoms with Crippen molar-refractivity contribution in [2.45, 2.75) is 39.8 Å². The first-order chi connectivity index (χ1) is 9.08. The maximum atomic E-state index is 12.1. The largest absolute Gasteiger partial charge is 0.349 e. The summed E-state index contributed by atoms with van der Waals surface area (Å²) < 4.78 is 0. The number of hydrazine groups is 1. The van der Waals surface area contributed by atoms with Crippen LogP contribution in [0.3, 0.4) is 0 Å². The van der Waals surface area contributed by atoms with Gasteiger partial charge in [-0.15, -0.1) is 0 Å². The van der Waals surface area contributed by atoms with Gasteiger partial charge < -0.3 is 5.32 Å². The molecule has 0 saturated carbocycles. The summed E-state index contributed by atoms with van der Waals surface area (Å²) in [5.74, 6) is 0.490. The lowest BCUT2D eigenvalue weighted by Crippen LogP contribution is -2.36. The van der Waals surface area contributed by atoms with Gasteiger partial charge >= 0.3 is 0 Å². The first-order valence-corrected chi connectivity index (χ1v) is 6.87. The van der Waals surface area contributed by atoms with E-state index >= 15 is 0 Å². The summed E-state index contributed by atoms with van der Waals surface area (Å²) in [7, 11) is 1.83. The van der Waals surface area contributed by atoms with Gasteiger partial charge in [0.05, 0.1) is 0 Å². The van der Waals surface area contributed by atoms with E-state index in [-0.39, 0.29) is 16.2 Å². The fourth-order valence-electron chi connectivity index (χ4n) is 1.75. The van der Waals surface area contributed by atoms with Crippen LogP contribution in [0.4, 0.5) is 0 Å². The number of hydrogen-bond donors (Lipinski definition) is 3. The first-order valence-electron chi connectivity index (χ1n) is 6.87. The molecule has 1 aromatic rings. The Kier molecular flexibility index (Phi) is 6.53. The SMILES string of the molecule is CCC(C)C(C)NC(=O)c1ccc(CNNC)cc1.[HH].[HH].[HH]. The van der Waals surface area contributed by atoms with Crippen molar-refractivity contribution in [3.05, 3.63) is 35.4 Å². The van der Waals surface area contributed by atoms with Gasteiger partial charge in [-0.2, -0.15) is 0 Å². The molecule has 2 unspecified atom stereocenters. The summed E-state index contributed by atoms with van der Waals surface area (Å²) in [5, 5.41) is 3.04. The van der Waals surface area contributed by atoms with Crippen LogP contribution < -0.4 is 16.2 Å². The van der Waals surface area contributed by atoms with E-state index in [2.05, 4.69) is 36.9 Å². The Hall–Kier alpha value is -1.39. The molecule has 19 heavy (non-hydrogen) atoms. The molecule has 4 nitrogen and oxygen atoms in total. The molecule has 0 fully saturated rings. The second kappa shape index (κ2) is 7.92. The van der Waals surface area contributed by atoms with Crippen LogP contribution in [-0.4, -0.2) is 19.0 Å². The summed E-state index contributed by atoms with van der Waals surface area (Å²) >= 11 is 0. The van der Waals surface area contributed by atoms with Gasteiger partial charge in [-0.3, -0.25) is 15.6 Å². The zero-order valence-corrected chi connectivity index (χ0v) is 12.3. The average Bonchev–Trinajstić information content (AvgIpc) is 2.44. The van der Waals surface area contributed by atoms with Crippen molar-refractivity contribution >= 4 is 5.91 Å². The quantitative estimate of drug-likeness (QED) is 0.667. The van der Waals surface area contributed by atoms with Crippen molar-refractivity contribution < 1.29 is 9.07 Å². The summed E-state index contributed by atoms with van der Waals surface area (Å²) in [4.78, 5) is 12.1. The molecule has 0 aliphatic carbocycles. The van der Waals surface area contributed by atoms with E-state index < -0.39 is 0 Å². The molecule has 0 radical (unpaired) electrons. The summed E-state index contributed by atoms with van der Waals surface area (Å²) in [6.45, 7) is 7.08. The van der Waals surface area contributed by atoms with Crippen LogP contribution in [0.15, 0.2) is 24.3 Å². The highest BCUT2D eigenvalue weighted by Crippen LogP contribution is 2.09. The molecular formula is C15H31N3O. The summed E-state index contributed by atoms with van der Waals surface area (Å²) in [6.07, 6.45) is 1.07. The molecule has 0 heterocycles. The lowest BCUT2D eigenvalue weighted by Gasteiger charge is -2.19. The molecule has 0 saturated heterocycles. The normalized spacial score (nSPS) is 13.9. The number of carbonyl (C=O) groups excluding carboxylic acids is 1. The topological polar surface area (TPSA) is 53.2 Å². The third-order valence-electron chi connectivity index (χ3n) is 3.54. The molecule has 112 valence electrons. The molecule has 0 bridgehead atoms. The molecule has 0 aliphatic rings. The lowest BCUT2D eigenvalue weighted by molar-refractivity contribution is 0.0928.